The average Bonchev–Trinajstić information content (AvgIpc) is 3.45. The summed E-state index contributed by atoms with van der Waals surface area (Å²) in [5.41, 5.74) is 5.83. The van der Waals surface area contributed by atoms with Gasteiger partial charge in [-0.2, -0.15) is 0 Å². The summed E-state index contributed by atoms with van der Waals surface area (Å²) in [6, 6.07) is 19.2. The molecule has 0 spiro atoms. The summed E-state index contributed by atoms with van der Waals surface area (Å²) >= 11 is 0. The van der Waals surface area contributed by atoms with E-state index in [1.54, 1.807) is 24.3 Å². The largest absolute Gasteiger partial charge is 0.341 e. The molecule has 3 heterocycles. The Kier molecular flexibility index (Phi) is 7.47. The van der Waals surface area contributed by atoms with E-state index in [2.05, 4.69) is 26.3 Å². The molecule has 0 saturated carbocycles. The van der Waals surface area contributed by atoms with Crippen molar-refractivity contribution in [3.8, 4) is 0 Å². The number of aromatic amines is 1. The molecule has 2 N–H and O–H groups in total. The third kappa shape index (κ3) is 5.36. The van der Waals surface area contributed by atoms with Gasteiger partial charge in [-0.25, -0.2) is 4.98 Å². The number of hydrogen-bond donors (Lipinski definition) is 2. The lowest BCUT2D eigenvalue weighted by atomic mass is 9.96. The van der Waals surface area contributed by atoms with Crippen molar-refractivity contribution in [2.45, 2.75) is 45.1 Å². The lowest BCUT2D eigenvalue weighted by molar-refractivity contribution is 0.0651. The van der Waals surface area contributed by atoms with Crippen molar-refractivity contribution in [2.75, 3.05) is 13.1 Å². The summed E-state index contributed by atoms with van der Waals surface area (Å²) in [5.74, 6) is 0.549. The van der Waals surface area contributed by atoms with Crippen molar-refractivity contribution in [3.05, 3.63) is 95.1 Å². The summed E-state index contributed by atoms with van der Waals surface area (Å²) in [7, 11) is 0. The summed E-state index contributed by atoms with van der Waals surface area (Å²) in [6.45, 7) is 1.93. The van der Waals surface area contributed by atoms with Crippen molar-refractivity contribution in [2.24, 2.45) is 0 Å². The van der Waals surface area contributed by atoms with E-state index in [9.17, 15) is 9.59 Å². The van der Waals surface area contributed by atoms with E-state index in [-0.39, 0.29) is 11.8 Å². The molecule has 6 rings (SSSR count). The molecular weight excluding hydrogens is 450 g/mol. The smallest absolute Gasteiger partial charge is 0.261 e. The molecule has 7 heteroatoms. The first kappa shape index (κ1) is 23.9. The highest BCUT2D eigenvalue weighted by atomic mass is 16.2. The molecule has 2 aromatic carbocycles. The predicted octanol–water partition coefficient (Wildman–Crippen LogP) is 4.69. The fourth-order valence-electron chi connectivity index (χ4n) is 4.79. The second kappa shape index (κ2) is 11.3. The molecule has 36 heavy (non-hydrogen) atoms. The van der Waals surface area contributed by atoms with Crippen LogP contribution in [0.1, 0.15) is 63.5 Å². The molecule has 0 unspecified atom stereocenters. The molecule has 1 aliphatic carbocycles. The van der Waals surface area contributed by atoms with Gasteiger partial charge in [0.1, 0.15) is 5.82 Å². The van der Waals surface area contributed by atoms with Crippen LogP contribution in [0.3, 0.4) is 0 Å². The second-order valence-electron chi connectivity index (χ2n) is 9.21. The number of pyridine rings is 1. The van der Waals surface area contributed by atoms with Crippen molar-refractivity contribution in [1.29, 1.82) is 0 Å². The van der Waals surface area contributed by atoms with Crippen molar-refractivity contribution < 1.29 is 9.59 Å². The monoisotopic (exact) mass is 481 g/mol. The quantitative estimate of drug-likeness (QED) is 0.295. The zero-order chi connectivity index (χ0) is 24.7. The van der Waals surface area contributed by atoms with Crippen LogP contribution in [0.5, 0.6) is 0 Å². The summed E-state index contributed by atoms with van der Waals surface area (Å²) in [4.78, 5) is 38.0. The number of para-hydroxylation sites is 2. The van der Waals surface area contributed by atoms with Gasteiger partial charge in [0.15, 0.2) is 0 Å². The van der Waals surface area contributed by atoms with Crippen LogP contribution in [0.2, 0.25) is 0 Å². The van der Waals surface area contributed by atoms with Crippen molar-refractivity contribution in [3.63, 3.8) is 0 Å². The summed E-state index contributed by atoms with van der Waals surface area (Å²) < 4.78 is 0. The molecule has 7 nitrogen and oxygen atoms in total. The zero-order valence-corrected chi connectivity index (χ0v) is 20.4. The van der Waals surface area contributed by atoms with Crippen LogP contribution in [-0.2, 0) is 19.4 Å². The molecule has 0 radical (unpaired) electrons. The number of fused-ring (bicyclic) bond motifs is 3. The van der Waals surface area contributed by atoms with Gasteiger partial charge >= 0.3 is 0 Å². The van der Waals surface area contributed by atoms with Crippen LogP contribution in [0.15, 0.2) is 66.9 Å². The number of nitrogens with zero attached hydrogens (tertiary/aromatic N) is 3. The number of H-pyrrole nitrogens is 1. The van der Waals surface area contributed by atoms with Gasteiger partial charge < -0.3 is 10.3 Å². The Balaban J connectivity index is 0.000000222. The van der Waals surface area contributed by atoms with Gasteiger partial charge in [0.25, 0.3) is 11.8 Å². The maximum atomic E-state index is 12.3. The number of carbonyl (C=O) groups excluding carboxylic acids is 2. The molecule has 2 amide bonds. The fourth-order valence-corrected chi connectivity index (χ4v) is 4.79. The average molecular weight is 482 g/mol. The van der Waals surface area contributed by atoms with Crippen LogP contribution in [0.25, 0.3) is 11.0 Å². The minimum Gasteiger partial charge on any atom is -0.341 e. The Morgan fingerprint density at radius 3 is 2.39 bits per heavy atom. The van der Waals surface area contributed by atoms with Gasteiger partial charge in [-0.05, 0) is 81.0 Å². The first-order chi connectivity index (χ1) is 17.7. The molecule has 0 atom stereocenters. The minimum atomic E-state index is -0.180. The lowest BCUT2D eigenvalue weighted by Crippen LogP contribution is -2.31. The van der Waals surface area contributed by atoms with Gasteiger partial charge in [0.2, 0.25) is 0 Å². The number of aromatic nitrogens is 3. The third-order valence-corrected chi connectivity index (χ3v) is 6.69. The van der Waals surface area contributed by atoms with E-state index in [0.29, 0.717) is 24.2 Å². The highest BCUT2D eigenvalue weighted by Crippen LogP contribution is 2.22. The van der Waals surface area contributed by atoms with Crippen molar-refractivity contribution in [1.82, 2.24) is 25.2 Å². The summed E-state index contributed by atoms with van der Waals surface area (Å²) in [5, 5.41) is 3.35. The third-order valence-electron chi connectivity index (χ3n) is 6.69. The highest BCUT2D eigenvalue weighted by Gasteiger charge is 2.34. The van der Waals surface area contributed by atoms with E-state index in [4.69, 9.17) is 0 Å². The van der Waals surface area contributed by atoms with Crippen LogP contribution in [0, 0.1) is 0 Å². The summed E-state index contributed by atoms with van der Waals surface area (Å²) in [6.07, 6.45) is 8.65. The first-order valence-electron chi connectivity index (χ1n) is 12.7. The maximum absolute atomic E-state index is 12.3. The van der Waals surface area contributed by atoms with Gasteiger partial charge in [0.05, 0.1) is 28.7 Å². The normalized spacial score (nSPS) is 14.4. The molecular formula is C29H31N5O2. The van der Waals surface area contributed by atoms with Gasteiger partial charge in [-0.15, -0.1) is 0 Å². The van der Waals surface area contributed by atoms with E-state index in [1.807, 2.05) is 36.5 Å². The van der Waals surface area contributed by atoms with Gasteiger partial charge in [-0.1, -0.05) is 30.3 Å². The SMILES string of the molecule is O=C1c2ccccc2C(=O)N1CCCCNCc1nc2ccccc2[nH]1.c1cnc2c(c1)CCCC2. The van der Waals surface area contributed by atoms with E-state index >= 15 is 0 Å². The Hall–Kier alpha value is -3.84. The number of rotatable bonds is 7. The topological polar surface area (TPSA) is 91.0 Å². The molecule has 184 valence electrons. The van der Waals surface area contributed by atoms with Crippen molar-refractivity contribution >= 4 is 22.8 Å². The van der Waals surface area contributed by atoms with E-state index < -0.39 is 0 Å². The number of imide groups is 1. The molecule has 1 aliphatic heterocycles. The number of hydrogen-bond acceptors (Lipinski definition) is 5. The Bertz CT molecular complexity index is 1270. The number of amides is 2. The second-order valence-corrected chi connectivity index (χ2v) is 9.21. The fraction of sp³-hybridized carbons (Fsp3) is 0.310. The number of unbranched alkanes of at least 4 members (excludes halogenated alkanes) is 1. The van der Waals surface area contributed by atoms with Gasteiger partial charge in [-0.3, -0.25) is 19.5 Å². The number of carbonyl (C=O) groups is 2. The Morgan fingerprint density at radius 2 is 1.61 bits per heavy atom. The standard InChI is InChI=1S/C20H20N4O2.C9H11N/c25-19-14-7-1-2-8-15(14)20(26)24(19)12-6-5-11-21-13-18-22-16-9-3-4-10-17(16)23-18;1-2-6-9-8(4-1)5-3-7-10-9/h1-4,7-10,21H,5-6,11-13H2,(H,22,23);3,5,7H,1-2,4,6H2. The molecule has 4 aromatic rings. The maximum Gasteiger partial charge on any atom is 0.261 e. The number of imidazole rings is 1. The van der Waals surface area contributed by atoms with Gasteiger partial charge in [0, 0.05) is 18.4 Å². The van der Waals surface area contributed by atoms with Crippen LogP contribution in [-0.4, -0.2) is 44.8 Å². The zero-order valence-electron chi connectivity index (χ0n) is 20.4. The first-order valence-corrected chi connectivity index (χ1v) is 12.7. The lowest BCUT2D eigenvalue weighted by Gasteiger charge is -2.13. The Labute approximate surface area is 211 Å². The van der Waals surface area contributed by atoms with E-state index in [0.717, 1.165) is 36.2 Å². The number of aryl methyl sites for hydroxylation is 2. The molecule has 2 aliphatic rings. The molecule has 0 saturated heterocycles. The van der Waals surface area contributed by atoms with Crippen LogP contribution < -0.4 is 5.32 Å². The molecule has 0 bridgehead atoms. The van der Waals surface area contributed by atoms with E-state index in [1.165, 1.54) is 41.8 Å². The highest BCUT2D eigenvalue weighted by molar-refractivity contribution is 6.21. The molecule has 0 fully saturated rings. The van der Waals surface area contributed by atoms with Crippen LogP contribution >= 0.6 is 0 Å². The predicted molar refractivity (Wildman–Crippen MR) is 140 cm³/mol. The Morgan fingerprint density at radius 1 is 0.861 bits per heavy atom. The molecule has 2 aromatic heterocycles. The number of nitrogens with one attached hydrogen (secondary N) is 2. The number of benzene rings is 2. The minimum absolute atomic E-state index is 0.180. The van der Waals surface area contributed by atoms with Crippen LogP contribution in [0.4, 0.5) is 0 Å².